The monoisotopic (exact) mass is 285 g/mol. The lowest BCUT2D eigenvalue weighted by Gasteiger charge is -2.06. The average Bonchev–Trinajstić information content (AvgIpc) is 2.71. The zero-order chi connectivity index (χ0) is 11.7. The topological polar surface area (TPSA) is 21.6 Å². The summed E-state index contributed by atoms with van der Waals surface area (Å²) in [6, 6.07) is 4.99. The maximum atomic E-state index is 13.1. The first-order valence-electron chi connectivity index (χ1n) is 5.24. The van der Waals surface area contributed by atoms with Crippen LogP contribution in [0.25, 0.3) is 0 Å². The molecule has 86 valence electrons. The van der Waals surface area contributed by atoms with E-state index >= 15 is 0 Å². The van der Waals surface area contributed by atoms with Crippen molar-refractivity contribution < 1.29 is 9.13 Å². The molecular weight excluding hydrogens is 273 g/mol. The first-order chi connectivity index (χ1) is 7.58. The van der Waals surface area contributed by atoms with E-state index in [0.717, 1.165) is 5.56 Å². The van der Waals surface area contributed by atoms with Crippen LogP contribution in [-0.2, 0) is 4.74 Å². The number of halogens is 2. The second-order valence-electron chi connectivity index (χ2n) is 4.19. The van der Waals surface area contributed by atoms with E-state index in [-0.39, 0.29) is 11.9 Å². The van der Waals surface area contributed by atoms with Gasteiger partial charge in [0.15, 0.2) is 0 Å². The molecular formula is C12H13BrFNO. The first-order valence-corrected chi connectivity index (χ1v) is 6.03. The van der Waals surface area contributed by atoms with Crippen molar-refractivity contribution in [3.63, 3.8) is 0 Å². The fourth-order valence-electron chi connectivity index (χ4n) is 1.52. The van der Waals surface area contributed by atoms with E-state index in [0.29, 0.717) is 22.9 Å². The molecule has 0 aromatic heterocycles. The summed E-state index contributed by atoms with van der Waals surface area (Å²) in [5, 5.41) is 0. The van der Waals surface area contributed by atoms with Crippen molar-refractivity contribution in [2.75, 3.05) is 6.61 Å². The normalized spacial score (nSPS) is 19.8. The van der Waals surface area contributed by atoms with E-state index in [1.165, 1.54) is 6.07 Å². The second kappa shape index (κ2) is 4.53. The number of aliphatic imine (C=N–C) groups is 1. The molecule has 0 saturated carbocycles. The highest BCUT2D eigenvalue weighted by Crippen LogP contribution is 2.21. The minimum Gasteiger partial charge on any atom is -0.475 e. The van der Waals surface area contributed by atoms with Crippen LogP contribution in [0, 0.1) is 11.7 Å². The van der Waals surface area contributed by atoms with Crippen molar-refractivity contribution in [2.24, 2.45) is 10.9 Å². The quantitative estimate of drug-likeness (QED) is 0.816. The van der Waals surface area contributed by atoms with Gasteiger partial charge < -0.3 is 4.74 Å². The van der Waals surface area contributed by atoms with E-state index < -0.39 is 0 Å². The Balaban J connectivity index is 2.25. The summed E-state index contributed by atoms with van der Waals surface area (Å²) in [4.78, 5) is 4.48. The van der Waals surface area contributed by atoms with Crippen LogP contribution in [0.15, 0.2) is 27.7 Å². The van der Waals surface area contributed by atoms with Crippen molar-refractivity contribution in [3.8, 4) is 0 Å². The highest BCUT2D eigenvalue weighted by molar-refractivity contribution is 9.10. The molecule has 0 fully saturated rings. The molecule has 1 aromatic rings. The lowest BCUT2D eigenvalue weighted by atomic mass is 10.1. The molecule has 1 heterocycles. The number of ether oxygens (including phenoxy) is 1. The third-order valence-corrected chi connectivity index (χ3v) is 3.22. The molecule has 1 aliphatic heterocycles. The summed E-state index contributed by atoms with van der Waals surface area (Å²) in [5.74, 6) is 0.795. The number of hydrogen-bond acceptors (Lipinski definition) is 2. The maximum absolute atomic E-state index is 13.1. The fourth-order valence-corrected chi connectivity index (χ4v) is 1.90. The molecule has 4 heteroatoms. The predicted octanol–water partition coefficient (Wildman–Crippen LogP) is 3.39. The van der Waals surface area contributed by atoms with Crippen molar-refractivity contribution >= 4 is 21.8 Å². The highest BCUT2D eigenvalue weighted by atomic mass is 79.9. The Morgan fingerprint density at radius 1 is 1.50 bits per heavy atom. The number of rotatable bonds is 2. The lowest BCUT2D eigenvalue weighted by molar-refractivity contribution is 0.292. The summed E-state index contributed by atoms with van der Waals surface area (Å²) in [6.07, 6.45) is 0. The van der Waals surface area contributed by atoms with Gasteiger partial charge in [0.1, 0.15) is 12.4 Å². The molecule has 0 N–H and O–H groups in total. The molecule has 1 aromatic carbocycles. The minimum absolute atomic E-state index is 0.207. The molecule has 2 nitrogen and oxygen atoms in total. The van der Waals surface area contributed by atoms with Gasteiger partial charge in [-0.2, -0.15) is 0 Å². The maximum Gasteiger partial charge on any atom is 0.216 e. The Hall–Kier alpha value is -0.900. The summed E-state index contributed by atoms with van der Waals surface area (Å²) in [5.41, 5.74) is 0.816. The van der Waals surface area contributed by atoms with E-state index in [1.54, 1.807) is 12.1 Å². The average molecular weight is 286 g/mol. The smallest absolute Gasteiger partial charge is 0.216 e. The molecule has 0 spiro atoms. The zero-order valence-electron chi connectivity index (χ0n) is 9.21. The predicted molar refractivity (Wildman–Crippen MR) is 65.2 cm³/mol. The Kier molecular flexibility index (Phi) is 3.28. The Bertz CT molecular complexity index is 431. The van der Waals surface area contributed by atoms with Gasteiger partial charge in [0.25, 0.3) is 0 Å². The van der Waals surface area contributed by atoms with Gasteiger partial charge in [0, 0.05) is 5.56 Å². The molecule has 0 saturated heterocycles. The Morgan fingerprint density at radius 2 is 2.25 bits per heavy atom. The number of benzene rings is 1. The standard InChI is InChI=1S/C12H13BrFNO/c1-7(2)11-6-16-12(15-11)8-3-4-10(14)9(13)5-8/h3-5,7,11H,6H2,1-2H3/t11-/m0/s1. The van der Waals surface area contributed by atoms with Gasteiger partial charge in [0.2, 0.25) is 5.90 Å². The van der Waals surface area contributed by atoms with Crippen molar-refractivity contribution in [1.29, 1.82) is 0 Å². The molecule has 1 aliphatic rings. The van der Waals surface area contributed by atoms with Gasteiger partial charge in [-0.3, -0.25) is 0 Å². The van der Waals surface area contributed by atoms with Gasteiger partial charge in [-0.25, -0.2) is 9.38 Å². The van der Waals surface area contributed by atoms with Gasteiger partial charge in [-0.05, 0) is 40.0 Å². The summed E-state index contributed by atoms with van der Waals surface area (Å²) >= 11 is 3.15. The van der Waals surface area contributed by atoms with Crippen LogP contribution >= 0.6 is 15.9 Å². The van der Waals surface area contributed by atoms with Crippen LogP contribution < -0.4 is 0 Å². The van der Waals surface area contributed by atoms with Crippen LogP contribution in [0.2, 0.25) is 0 Å². The number of nitrogens with zero attached hydrogens (tertiary/aromatic N) is 1. The van der Waals surface area contributed by atoms with Crippen molar-refractivity contribution in [3.05, 3.63) is 34.1 Å². The van der Waals surface area contributed by atoms with Crippen LogP contribution in [0.3, 0.4) is 0 Å². The molecule has 2 rings (SSSR count). The minimum atomic E-state index is -0.275. The molecule has 0 aliphatic carbocycles. The third kappa shape index (κ3) is 2.26. The Morgan fingerprint density at radius 3 is 2.81 bits per heavy atom. The molecule has 0 unspecified atom stereocenters. The highest BCUT2D eigenvalue weighted by Gasteiger charge is 2.22. The van der Waals surface area contributed by atoms with Gasteiger partial charge in [-0.1, -0.05) is 13.8 Å². The van der Waals surface area contributed by atoms with Crippen LogP contribution in [0.1, 0.15) is 19.4 Å². The van der Waals surface area contributed by atoms with Crippen LogP contribution in [-0.4, -0.2) is 18.5 Å². The summed E-state index contributed by atoms with van der Waals surface area (Å²) in [7, 11) is 0. The second-order valence-corrected chi connectivity index (χ2v) is 5.04. The first kappa shape index (κ1) is 11.6. The van der Waals surface area contributed by atoms with Crippen LogP contribution in [0.4, 0.5) is 4.39 Å². The molecule has 0 amide bonds. The largest absolute Gasteiger partial charge is 0.475 e. The van der Waals surface area contributed by atoms with Gasteiger partial charge in [0.05, 0.1) is 10.5 Å². The fraction of sp³-hybridized carbons (Fsp3) is 0.417. The summed E-state index contributed by atoms with van der Waals surface area (Å²) in [6.45, 7) is 4.84. The molecule has 0 bridgehead atoms. The van der Waals surface area contributed by atoms with Crippen LogP contribution in [0.5, 0.6) is 0 Å². The third-order valence-electron chi connectivity index (χ3n) is 2.61. The van der Waals surface area contributed by atoms with E-state index in [2.05, 4.69) is 34.8 Å². The summed E-state index contributed by atoms with van der Waals surface area (Å²) < 4.78 is 19.0. The van der Waals surface area contributed by atoms with Crippen molar-refractivity contribution in [1.82, 2.24) is 0 Å². The van der Waals surface area contributed by atoms with E-state index in [4.69, 9.17) is 4.74 Å². The Labute approximate surface area is 103 Å². The lowest BCUT2D eigenvalue weighted by Crippen LogP contribution is -2.13. The molecule has 1 atom stereocenters. The van der Waals surface area contributed by atoms with E-state index in [1.807, 2.05) is 0 Å². The van der Waals surface area contributed by atoms with Gasteiger partial charge >= 0.3 is 0 Å². The van der Waals surface area contributed by atoms with E-state index in [9.17, 15) is 4.39 Å². The molecule has 16 heavy (non-hydrogen) atoms. The van der Waals surface area contributed by atoms with Gasteiger partial charge in [-0.15, -0.1) is 0 Å². The van der Waals surface area contributed by atoms with Crippen molar-refractivity contribution in [2.45, 2.75) is 19.9 Å². The zero-order valence-corrected chi connectivity index (χ0v) is 10.8. The molecule has 0 radical (unpaired) electrons. The number of hydrogen-bond donors (Lipinski definition) is 0. The SMILES string of the molecule is CC(C)[C@@H]1COC(c2ccc(F)c(Br)c2)=N1.